The van der Waals surface area contributed by atoms with E-state index in [4.69, 9.17) is 9.47 Å². The molecule has 0 spiro atoms. The van der Waals surface area contributed by atoms with Gasteiger partial charge in [0.25, 0.3) is 15.9 Å². The quantitative estimate of drug-likeness (QED) is 0.302. The van der Waals surface area contributed by atoms with Crippen LogP contribution in [-0.2, 0) is 14.8 Å². The minimum absolute atomic E-state index is 0.00841. The number of aromatic nitrogens is 3. The molecule has 0 radical (unpaired) electrons. The Kier molecular flexibility index (Phi) is 8.59. The van der Waals surface area contributed by atoms with E-state index in [9.17, 15) is 18.0 Å². The van der Waals surface area contributed by atoms with Gasteiger partial charge in [0.05, 0.1) is 36.9 Å². The van der Waals surface area contributed by atoms with Crippen molar-refractivity contribution >= 4 is 27.6 Å². The lowest BCUT2D eigenvalue weighted by Crippen LogP contribution is -2.21. The number of esters is 1. The van der Waals surface area contributed by atoms with E-state index >= 15 is 0 Å². The van der Waals surface area contributed by atoms with Gasteiger partial charge in [-0.05, 0) is 18.9 Å². The van der Waals surface area contributed by atoms with Gasteiger partial charge in [0.15, 0.2) is 5.78 Å². The number of rotatable bonds is 10. The largest absolute Gasteiger partial charge is 0.478 e. The predicted octanol–water partition coefficient (Wildman–Crippen LogP) is 4.31. The third kappa shape index (κ3) is 6.48. The van der Waals surface area contributed by atoms with Gasteiger partial charge in [0, 0.05) is 23.2 Å². The molecular weight excluding hydrogens is 496 g/mol. The van der Waals surface area contributed by atoms with Crippen molar-refractivity contribution in [2.45, 2.75) is 39.5 Å². The zero-order valence-corrected chi connectivity index (χ0v) is 22.4. The summed E-state index contributed by atoms with van der Waals surface area (Å²) in [6, 6.07) is 7.66. The fraction of sp³-hybridized carbons (Fsp3) is 0.346. The van der Waals surface area contributed by atoms with Crippen LogP contribution in [0.25, 0.3) is 11.3 Å². The lowest BCUT2D eigenvalue weighted by Gasteiger charge is -2.16. The second kappa shape index (κ2) is 11.5. The molecular formula is C26H30N4O6S. The Labute approximate surface area is 216 Å². The number of benzene rings is 1. The first kappa shape index (κ1) is 27.7. The lowest BCUT2D eigenvalue weighted by atomic mass is 9.99. The van der Waals surface area contributed by atoms with Crippen LogP contribution in [0, 0.1) is 18.8 Å². The molecule has 0 bridgehead atoms. The van der Waals surface area contributed by atoms with Gasteiger partial charge >= 0.3 is 5.97 Å². The highest BCUT2D eigenvalue weighted by molar-refractivity contribution is 7.93. The van der Waals surface area contributed by atoms with Crippen molar-refractivity contribution in [1.82, 2.24) is 15.0 Å². The van der Waals surface area contributed by atoms with Gasteiger partial charge in [-0.2, -0.15) is 0 Å². The van der Waals surface area contributed by atoms with Crippen molar-refractivity contribution in [3.05, 3.63) is 59.5 Å². The van der Waals surface area contributed by atoms with Crippen LogP contribution in [0.3, 0.4) is 0 Å². The van der Waals surface area contributed by atoms with Crippen LogP contribution in [0.2, 0.25) is 0 Å². The molecule has 0 saturated carbocycles. The first-order chi connectivity index (χ1) is 17.4. The van der Waals surface area contributed by atoms with Gasteiger partial charge in [-0.25, -0.2) is 23.2 Å². The summed E-state index contributed by atoms with van der Waals surface area (Å²) in [7, 11) is -3.12. The van der Waals surface area contributed by atoms with Gasteiger partial charge in [-0.1, -0.05) is 52.0 Å². The summed E-state index contributed by atoms with van der Waals surface area (Å²) < 4.78 is 40.4. The number of Topliss-reactive ketones (excluding diaryl/α,β-unsaturated/α-hetero) is 1. The molecule has 0 unspecified atom stereocenters. The number of pyridine rings is 1. The first-order valence-corrected chi connectivity index (χ1v) is 13.1. The Hall–Kier alpha value is -3.86. The summed E-state index contributed by atoms with van der Waals surface area (Å²) in [4.78, 5) is 37.5. The van der Waals surface area contributed by atoms with Crippen molar-refractivity contribution in [2.75, 3.05) is 18.4 Å². The van der Waals surface area contributed by atoms with Crippen molar-refractivity contribution in [3.8, 4) is 17.1 Å². The van der Waals surface area contributed by atoms with Crippen LogP contribution in [0.15, 0.2) is 47.6 Å². The summed E-state index contributed by atoms with van der Waals surface area (Å²) in [6.07, 6.45) is 2.71. The number of ketones is 1. The topological polar surface area (TPSA) is 137 Å². The molecule has 3 rings (SSSR count). The Morgan fingerprint density at radius 2 is 1.70 bits per heavy atom. The standard InChI is InChI=1S/C26H30N4O6S/c1-15(2)14-36-26(32)20-11-12-27-21(18-7-9-19(10-8-18)22(31)16(3)4)23(20)37(33,34)30-24-25(35-6)29-17(5)13-28-24/h7-13,15-16H,14H2,1-6H3,(H,28,30). The first-order valence-electron chi connectivity index (χ1n) is 11.7. The molecule has 2 heterocycles. The number of ether oxygens (including phenoxy) is 2. The SMILES string of the molecule is COc1nc(C)cnc1NS(=O)(=O)c1c(C(=O)OCC(C)C)ccnc1-c1ccc(C(=O)C(C)C)cc1. The van der Waals surface area contributed by atoms with Gasteiger partial charge < -0.3 is 9.47 Å². The minimum Gasteiger partial charge on any atom is -0.478 e. The summed E-state index contributed by atoms with van der Waals surface area (Å²) in [5.41, 5.74) is 1.21. The minimum atomic E-state index is -4.45. The number of nitrogens with one attached hydrogen (secondary N) is 1. The second-order valence-corrected chi connectivity index (χ2v) is 10.7. The second-order valence-electron chi connectivity index (χ2n) is 9.10. The highest BCUT2D eigenvalue weighted by atomic mass is 32.2. The molecule has 10 nitrogen and oxygen atoms in total. The van der Waals surface area contributed by atoms with E-state index < -0.39 is 20.9 Å². The van der Waals surface area contributed by atoms with E-state index in [1.165, 1.54) is 25.6 Å². The summed E-state index contributed by atoms with van der Waals surface area (Å²) in [5, 5.41) is 0. The Morgan fingerprint density at radius 3 is 2.30 bits per heavy atom. The van der Waals surface area contributed by atoms with Crippen molar-refractivity contribution < 1.29 is 27.5 Å². The third-order valence-electron chi connectivity index (χ3n) is 5.19. The van der Waals surface area contributed by atoms with E-state index in [0.717, 1.165) is 0 Å². The molecule has 1 N–H and O–H groups in total. The number of hydrogen-bond donors (Lipinski definition) is 1. The Bertz CT molecular complexity index is 1400. The maximum atomic E-state index is 13.7. The van der Waals surface area contributed by atoms with Gasteiger partial charge in [-0.15, -0.1) is 0 Å². The van der Waals surface area contributed by atoms with Gasteiger partial charge in [-0.3, -0.25) is 14.5 Å². The molecule has 37 heavy (non-hydrogen) atoms. The van der Waals surface area contributed by atoms with Crippen LogP contribution in [0.1, 0.15) is 54.1 Å². The molecule has 0 atom stereocenters. The highest BCUT2D eigenvalue weighted by Crippen LogP contribution is 2.32. The number of nitrogens with zero attached hydrogens (tertiary/aromatic N) is 3. The Balaban J connectivity index is 2.17. The van der Waals surface area contributed by atoms with Crippen LogP contribution in [0.5, 0.6) is 5.88 Å². The zero-order valence-electron chi connectivity index (χ0n) is 21.6. The van der Waals surface area contributed by atoms with Gasteiger partial charge in [0.1, 0.15) is 4.90 Å². The average Bonchev–Trinajstić information content (AvgIpc) is 2.87. The predicted molar refractivity (Wildman–Crippen MR) is 138 cm³/mol. The monoisotopic (exact) mass is 526 g/mol. The van der Waals surface area contributed by atoms with E-state index in [1.807, 2.05) is 13.8 Å². The number of carbonyl (C=O) groups is 2. The molecule has 2 aromatic heterocycles. The van der Waals surface area contributed by atoms with Crippen molar-refractivity contribution in [1.29, 1.82) is 0 Å². The average molecular weight is 527 g/mol. The summed E-state index contributed by atoms with van der Waals surface area (Å²) in [6.45, 7) is 9.11. The maximum absolute atomic E-state index is 13.7. The van der Waals surface area contributed by atoms with E-state index in [1.54, 1.807) is 45.0 Å². The summed E-state index contributed by atoms with van der Waals surface area (Å²) >= 11 is 0. The van der Waals surface area contributed by atoms with Crippen molar-refractivity contribution in [3.63, 3.8) is 0 Å². The Morgan fingerprint density at radius 1 is 1.03 bits per heavy atom. The molecule has 0 aliphatic heterocycles. The number of aryl methyl sites for hydroxylation is 1. The highest BCUT2D eigenvalue weighted by Gasteiger charge is 2.30. The van der Waals surface area contributed by atoms with E-state index in [0.29, 0.717) is 16.8 Å². The van der Waals surface area contributed by atoms with E-state index in [2.05, 4.69) is 19.7 Å². The number of anilines is 1. The van der Waals surface area contributed by atoms with Crippen molar-refractivity contribution in [2.24, 2.45) is 11.8 Å². The third-order valence-corrected chi connectivity index (χ3v) is 6.61. The normalized spacial score (nSPS) is 11.5. The molecule has 0 fully saturated rings. The number of sulfonamides is 1. The van der Waals surface area contributed by atoms with Crippen LogP contribution >= 0.6 is 0 Å². The smallest absolute Gasteiger partial charge is 0.339 e. The molecule has 1 aromatic carbocycles. The van der Waals surface area contributed by atoms with Crippen LogP contribution < -0.4 is 9.46 Å². The number of methoxy groups -OCH3 is 1. The molecule has 11 heteroatoms. The zero-order chi connectivity index (χ0) is 27.3. The fourth-order valence-electron chi connectivity index (χ4n) is 3.38. The molecule has 196 valence electrons. The lowest BCUT2D eigenvalue weighted by molar-refractivity contribution is 0.0454. The van der Waals surface area contributed by atoms with Crippen LogP contribution in [-0.4, -0.2) is 48.8 Å². The summed E-state index contributed by atoms with van der Waals surface area (Å²) in [5.74, 6) is -1.21. The number of carbonyl (C=O) groups excluding carboxylic acids is 2. The van der Waals surface area contributed by atoms with Crippen LogP contribution in [0.4, 0.5) is 5.82 Å². The molecule has 3 aromatic rings. The fourth-order valence-corrected chi connectivity index (χ4v) is 4.74. The number of hydrogen-bond acceptors (Lipinski definition) is 9. The molecule has 0 saturated heterocycles. The maximum Gasteiger partial charge on any atom is 0.339 e. The molecule has 0 aliphatic rings. The molecule has 0 aliphatic carbocycles. The van der Waals surface area contributed by atoms with Gasteiger partial charge in [0.2, 0.25) is 5.82 Å². The van der Waals surface area contributed by atoms with E-state index in [-0.39, 0.29) is 47.2 Å². The molecule has 0 amide bonds.